The molecular weight excluding hydrogens is 260 g/mol. The molecule has 0 aliphatic carbocycles. The lowest BCUT2D eigenvalue weighted by molar-refractivity contribution is -0.143. The van der Waals surface area contributed by atoms with Crippen molar-refractivity contribution in [3.63, 3.8) is 0 Å². The van der Waals surface area contributed by atoms with E-state index in [0.717, 1.165) is 6.42 Å². The van der Waals surface area contributed by atoms with Crippen LogP contribution in [0, 0.1) is 0 Å². The maximum Gasteiger partial charge on any atom is 0.308 e. The summed E-state index contributed by atoms with van der Waals surface area (Å²) in [5.74, 6) is -0.253. The monoisotopic (exact) mass is 284 g/mol. The van der Waals surface area contributed by atoms with Crippen molar-refractivity contribution < 1.29 is 24.1 Å². The van der Waals surface area contributed by atoms with Crippen molar-refractivity contribution in [1.29, 1.82) is 0 Å². The summed E-state index contributed by atoms with van der Waals surface area (Å²) in [4.78, 5) is 11.2. The third-order valence-electron chi connectivity index (χ3n) is 3.92. The summed E-state index contributed by atoms with van der Waals surface area (Å²) < 4.78 is 16.3. The summed E-state index contributed by atoms with van der Waals surface area (Å²) >= 11 is 0. The van der Waals surface area contributed by atoms with Crippen LogP contribution in [0.25, 0.3) is 0 Å². The van der Waals surface area contributed by atoms with Crippen LogP contribution in [0.15, 0.2) is 12.2 Å². The van der Waals surface area contributed by atoms with Gasteiger partial charge in [-0.05, 0) is 12.8 Å². The Morgan fingerprint density at radius 3 is 2.75 bits per heavy atom. The van der Waals surface area contributed by atoms with E-state index >= 15 is 0 Å². The molecule has 0 spiro atoms. The minimum atomic E-state index is -0.481. The lowest BCUT2D eigenvalue weighted by atomic mass is 10.0. The number of fused-ring (bicyclic) bond motifs is 1. The Hall–Kier alpha value is -0.910. The molecule has 2 aliphatic rings. The van der Waals surface area contributed by atoms with E-state index in [-0.39, 0.29) is 36.8 Å². The standard InChI is InChI=1S/C15H24O5/c1-3-4-5-6-11(16)12-9-14-13(20-12)7-10(19-14)8-15(17)18-2/h4-5,10-14,16H,3,6-9H2,1-2H3/b5-4+. The molecule has 2 fully saturated rings. The highest BCUT2D eigenvalue weighted by Gasteiger charge is 2.46. The fraction of sp³-hybridized carbons (Fsp3) is 0.800. The summed E-state index contributed by atoms with van der Waals surface area (Å²) in [6.45, 7) is 2.06. The van der Waals surface area contributed by atoms with Crippen LogP contribution in [0.5, 0.6) is 0 Å². The first-order valence-electron chi connectivity index (χ1n) is 7.34. The van der Waals surface area contributed by atoms with Gasteiger partial charge in [-0.15, -0.1) is 0 Å². The Balaban J connectivity index is 1.76. The highest BCUT2D eigenvalue weighted by molar-refractivity contribution is 5.69. The Morgan fingerprint density at radius 2 is 2.10 bits per heavy atom. The van der Waals surface area contributed by atoms with Gasteiger partial charge in [0.2, 0.25) is 0 Å². The summed E-state index contributed by atoms with van der Waals surface area (Å²) in [5, 5.41) is 10.1. The van der Waals surface area contributed by atoms with Crippen LogP contribution < -0.4 is 0 Å². The molecule has 5 unspecified atom stereocenters. The number of methoxy groups -OCH3 is 1. The van der Waals surface area contributed by atoms with Gasteiger partial charge in [-0.25, -0.2) is 0 Å². The molecule has 2 heterocycles. The fourth-order valence-corrected chi connectivity index (χ4v) is 2.86. The van der Waals surface area contributed by atoms with Crippen LogP contribution in [0.3, 0.4) is 0 Å². The highest BCUT2D eigenvalue weighted by atomic mass is 16.6. The average molecular weight is 284 g/mol. The number of esters is 1. The van der Waals surface area contributed by atoms with Gasteiger partial charge in [0, 0.05) is 12.8 Å². The fourth-order valence-electron chi connectivity index (χ4n) is 2.86. The van der Waals surface area contributed by atoms with Gasteiger partial charge in [-0.1, -0.05) is 19.1 Å². The second-order valence-electron chi connectivity index (χ2n) is 5.44. The third-order valence-corrected chi connectivity index (χ3v) is 3.92. The van der Waals surface area contributed by atoms with Crippen molar-refractivity contribution in [1.82, 2.24) is 0 Å². The van der Waals surface area contributed by atoms with Gasteiger partial charge in [-0.2, -0.15) is 0 Å². The van der Waals surface area contributed by atoms with Crippen LogP contribution in [-0.2, 0) is 19.0 Å². The van der Waals surface area contributed by atoms with E-state index in [9.17, 15) is 9.90 Å². The van der Waals surface area contributed by atoms with E-state index in [0.29, 0.717) is 19.3 Å². The minimum Gasteiger partial charge on any atom is -0.469 e. The Morgan fingerprint density at radius 1 is 1.35 bits per heavy atom. The molecule has 0 saturated carbocycles. The summed E-state index contributed by atoms with van der Waals surface area (Å²) in [7, 11) is 1.38. The van der Waals surface area contributed by atoms with Crippen LogP contribution in [0.1, 0.15) is 39.0 Å². The van der Waals surface area contributed by atoms with Crippen LogP contribution in [-0.4, -0.2) is 48.7 Å². The Kier molecular flexibility index (Phi) is 5.57. The molecule has 2 rings (SSSR count). The zero-order valence-corrected chi connectivity index (χ0v) is 12.2. The van der Waals surface area contributed by atoms with E-state index in [1.807, 2.05) is 12.2 Å². The first-order valence-corrected chi connectivity index (χ1v) is 7.34. The van der Waals surface area contributed by atoms with Gasteiger partial charge in [0.1, 0.15) is 0 Å². The molecule has 2 saturated heterocycles. The number of hydrogen-bond acceptors (Lipinski definition) is 5. The lowest BCUT2D eigenvalue weighted by Crippen LogP contribution is -2.27. The maximum absolute atomic E-state index is 11.2. The molecule has 0 amide bonds. The number of ether oxygens (including phenoxy) is 3. The van der Waals surface area contributed by atoms with Crippen molar-refractivity contribution in [3.8, 4) is 0 Å². The molecule has 5 nitrogen and oxygen atoms in total. The molecule has 5 heteroatoms. The lowest BCUT2D eigenvalue weighted by Gasteiger charge is -2.19. The first kappa shape index (κ1) is 15.5. The Labute approximate surface area is 119 Å². The Bertz CT molecular complexity index is 340. The molecule has 0 aromatic rings. The predicted octanol–water partition coefficient (Wildman–Crippen LogP) is 1.58. The molecule has 114 valence electrons. The van der Waals surface area contributed by atoms with Crippen molar-refractivity contribution in [3.05, 3.63) is 12.2 Å². The zero-order chi connectivity index (χ0) is 14.5. The number of allylic oxidation sites excluding steroid dienone is 1. The van der Waals surface area contributed by atoms with Crippen molar-refractivity contribution in [2.24, 2.45) is 0 Å². The normalized spacial score (nSPS) is 34.4. The molecule has 0 aromatic heterocycles. The van der Waals surface area contributed by atoms with Crippen LogP contribution in [0.4, 0.5) is 0 Å². The van der Waals surface area contributed by atoms with E-state index in [1.165, 1.54) is 7.11 Å². The molecule has 1 N–H and O–H groups in total. The number of rotatable bonds is 6. The highest BCUT2D eigenvalue weighted by Crippen LogP contribution is 2.36. The van der Waals surface area contributed by atoms with Gasteiger partial charge in [0.05, 0.1) is 44.1 Å². The molecule has 2 aliphatic heterocycles. The minimum absolute atomic E-state index is 0.000499. The summed E-state index contributed by atoms with van der Waals surface area (Å²) in [6, 6.07) is 0. The molecule has 20 heavy (non-hydrogen) atoms. The van der Waals surface area contributed by atoms with E-state index in [2.05, 4.69) is 11.7 Å². The first-order chi connectivity index (χ1) is 9.63. The van der Waals surface area contributed by atoms with Gasteiger partial charge < -0.3 is 19.3 Å². The number of aliphatic hydroxyl groups is 1. The SMILES string of the molecule is CC/C=C/CC(O)C1CC2OC(CC(=O)OC)CC2O1. The topological polar surface area (TPSA) is 65.0 Å². The third kappa shape index (κ3) is 3.81. The number of carbonyl (C=O) groups excluding carboxylic acids is 1. The molecule has 5 atom stereocenters. The van der Waals surface area contributed by atoms with Crippen molar-refractivity contribution in [2.45, 2.75) is 69.5 Å². The van der Waals surface area contributed by atoms with Crippen molar-refractivity contribution in [2.75, 3.05) is 7.11 Å². The molecule has 0 bridgehead atoms. The summed E-state index contributed by atoms with van der Waals surface area (Å²) in [5.41, 5.74) is 0. The van der Waals surface area contributed by atoms with E-state index in [1.54, 1.807) is 0 Å². The summed E-state index contributed by atoms with van der Waals surface area (Å²) in [6.07, 6.45) is 6.54. The number of aliphatic hydroxyl groups excluding tert-OH is 1. The maximum atomic E-state index is 11.2. The second kappa shape index (κ2) is 7.20. The van der Waals surface area contributed by atoms with E-state index < -0.39 is 6.10 Å². The second-order valence-corrected chi connectivity index (χ2v) is 5.44. The quantitative estimate of drug-likeness (QED) is 0.592. The molecule has 0 radical (unpaired) electrons. The van der Waals surface area contributed by atoms with E-state index in [4.69, 9.17) is 9.47 Å². The zero-order valence-electron chi connectivity index (χ0n) is 12.2. The number of carbonyl (C=O) groups is 1. The van der Waals surface area contributed by atoms with Gasteiger partial charge in [-0.3, -0.25) is 4.79 Å². The van der Waals surface area contributed by atoms with Crippen LogP contribution in [0.2, 0.25) is 0 Å². The van der Waals surface area contributed by atoms with Gasteiger partial charge in [0.25, 0.3) is 0 Å². The average Bonchev–Trinajstić information content (AvgIpc) is 2.96. The van der Waals surface area contributed by atoms with Crippen molar-refractivity contribution >= 4 is 5.97 Å². The molecular formula is C15H24O5. The van der Waals surface area contributed by atoms with Gasteiger partial charge >= 0.3 is 5.97 Å². The largest absolute Gasteiger partial charge is 0.469 e. The predicted molar refractivity (Wildman–Crippen MR) is 73.2 cm³/mol. The molecule has 0 aromatic carbocycles. The van der Waals surface area contributed by atoms with Crippen LogP contribution >= 0.6 is 0 Å². The van der Waals surface area contributed by atoms with Gasteiger partial charge in [0.15, 0.2) is 0 Å². The number of hydrogen-bond donors (Lipinski definition) is 1. The smallest absolute Gasteiger partial charge is 0.308 e.